The van der Waals surface area contributed by atoms with Crippen molar-refractivity contribution in [3.05, 3.63) is 137 Å². The predicted octanol–water partition coefficient (Wildman–Crippen LogP) is 8.18. The molecule has 1 fully saturated rings. The average molecular weight is 753 g/mol. The SMILES string of the molecule is CC(=O)O[C@@H](CCC1C(=O)N(c2ccc(CCCN(C)S(C)(=O)=O)cc2)C1c1ccc(C#CCCCCOCc2ccccc2)cc1)c1ccc(F)cc1. The lowest BCUT2D eigenvalue weighted by Crippen LogP contribution is -2.55. The van der Waals surface area contributed by atoms with E-state index in [0.717, 1.165) is 41.6 Å². The summed E-state index contributed by atoms with van der Waals surface area (Å²) < 4.78 is 49.9. The van der Waals surface area contributed by atoms with Crippen LogP contribution in [0.5, 0.6) is 0 Å². The van der Waals surface area contributed by atoms with Gasteiger partial charge in [-0.3, -0.25) is 9.59 Å². The molecule has 1 heterocycles. The third-order valence-corrected chi connectivity index (χ3v) is 11.0. The number of sulfonamides is 1. The summed E-state index contributed by atoms with van der Waals surface area (Å²) in [4.78, 5) is 27.7. The summed E-state index contributed by atoms with van der Waals surface area (Å²) in [6, 6.07) is 31.6. The van der Waals surface area contributed by atoms with Gasteiger partial charge in [0.25, 0.3) is 0 Å². The van der Waals surface area contributed by atoms with E-state index >= 15 is 0 Å². The first-order valence-electron chi connectivity index (χ1n) is 18.5. The van der Waals surface area contributed by atoms with Crippen LogP contribution in [0.15, 0.2) is 103 Å². The van der Waals surface area contributed by atoms with Crippen molar-refractivity contribution in [2.75, 3.05) is 31.4 Å². The Morgan fingerprint density at radius 1 is 0.907 bits per heavy atom. The fourth-order valence-electron chi connectivity index (χ4n) is 6.61. The van der Waals surface area contributed by atoms with Crippen molar-refractivity contribution in [1.82, 2.24) is 4.31 Å². The van der Waals surface area contributed by atoms with Gasteiger partial charge in [0, 0.05) is 44.8 Å². The maximum absolute atomic E-state index is 13.9. The molecule has 0 bridgehead atoms. The van der Waals surface area contributed by atoms with Crippen LogP contribution in [0.1, 0.15) is 85.4 Å². The zero-order valence-electron chi connectivity index (χ0n) is 31.2. The van der Waals surface area contributed by atoms with Gasteiger partial charge in [-0.25, -0.2) is 17.1 Å². The number of carbonyl (C=O) groups excluding carboxylic acids is 2. The fourth-order valence-corrected chi connectivity index (χ4v) is 7.07. The molecule has 1 aliphatic rings. The maximum atomic E-state index is 13.9. The van der Waals surface area contributed by atoms with E-state index in [0.29, 0.717) is 51.0 Å². The molecule has 0 spiro atoms. The molecule has 0 N–H and O–H groups in total. The Bertz CT molecular complexity index is 1990. The lowest BCUT2D eigenvalue weighted by atomic mass is 9.78. The molecule has 1 aliphatic heterocycles. The monoisotopic (exact) mass is 752 g/mol. The number of hydrogen-bond donors (Lipinski definition) is 0. The number of β-lactam (4-membered cyclic amide) rings is 1. The topological polar surface area (TPSA) is 93.2 Å². The molecular weight excluding hydrogens is 704 g/mol. The molecule has 1 amide bonds. The maximum Gasteiger partial charge on any atom is 0.303 e. The molecule has 2 unspecified atom stereocenters. The number of hydrogen-bond acceptors (Lipinski definition) is 6. The van der Waals surface area contributed by atoms with Gasteiger partial charge < -0.3 is 14.4 Å². The Balaban J connectivity index is 1.24. The molecule has 4 aromatic rings. The smallest absolute Gasteiger partial charge is 0.303 e. The van der Waals surface area contributed by atoms with E-state index < -0.39 is 22.1 Å². The molecule has 3 atom stereocenters. The van der Waals surface area contributed by atoms with Crippen molar-refractivity contribution in [2.45, 2.75) is 70.6 Å². The van der Waals surface area contributed by atoms with Crippen LogP contribution in [0.2, 0.25) is 0 Å². The number of unbranched alkanes of at least 4 members (excludes halogenated alkanes) is 2. The predicted molar refractivity (Wildman–Crippen MR) is 209 cm³/mol. The van der Waals surface area contributed by atoms with E-state index in [1.54, 1.807) is 19.2 Å². The van der Waals surface area contributed by atoms with Crippen molar-refractivity contribution in [3.63, 3.8) is 0 Å². The van der Waals surface area contributed by atoms with E-state index in [1.165, 1.54) is 35.2 Å². The van der Waals surface area contributed by atoms with Gasteiger partial charge in [-0.05, 0) is 97.2 Å². The first-order valence-corrected chi connectivity index (χ1v) is 20.3. The zero-order valence-corrected chi connectivity index (χ0v) is 32.1. The summed E-state index contributed by atoms with van der Waals surface area (Å²) in [5, 5.41) is 0. The van der Waals surface area contributed by atoms with Crippen molar-refractivity contribution < 1.29 is 31.9 Å². The molecule has 10 heteroatoms. The van der Waals surface area contributed by atoms with Crippen LogP contribution in [0.25, 0.3) is 0 Å². The Morgan fingerprint density at radius 3 is 2.28 bits per heavy atom. The van der Waals surface area contributed by atoms with Crippen LogP contribution >= 0.6 is 0 Å². The van der Waals surface area contributed by atoms with Gasteiger partial charge in [-0.1, -0.05) is 78.6 Å². The minimum atomic E-state index is -3.23. The van der Waals surface area contributed by atoms with Crippen LogP contribution in [0, 0.1) is 23.6 Å². The average Bonchev–Trinajstić information content (AvgIpc) is 3.15. The molecule has 0 saturated carbocycles. The second-order valence-electron chi connectivity index (χ2n) is 13.8. The normalized spacial score (nSPS) is 16.0. The first-order chi connectivity index (χ1) is 26.0. The third-order valence-electron chi connectivity index (χ3n) is 9.66. The third kappa shape index (κ3) is 11.6. The van der Waals surface area contributed by atoms with Gasteiger partial charge in [-0.2, -0.15) is 0 Å². The molecule has 8 nitrogen and oxygen atoms in total. The van der Waals surface area contributed by atoms with Crippen LogP contribution in [-0.2, 0) is 42.1 Å². The van der Waals surface area contributed by atoms with E-state index in [-0.39, 0.29) is 23.7 Å². The Kier molecular flexibility index (Phi) is 14.6. The number of carbonyl (C=O) groups is 2. The lowest BCUT2D eigenvalue weighted by Gasteiger charge is -2.48. The quantitative estimate of drug-likeness (QED) is 0.0441. The summed E-state index contributed by atoms with van der Waals surface area (Å²) in [7, 11) is -1.66. The van der Waals surface area contributed by atoms with Gasteiger partial charge in [0.2, 0.25) is 15.9 Å². The van der Waals surface area contributed by atoms with Crippen molar-refractivity contribution in [1.29, 1.82) is 0 Å². The minimum Gasteiger partial charge on any atom is -0.458 e. The highest BCUT2D eigenvalue weighted by molar-refractivity contribution is 7.88. The summed E-state index contributed by atoms with van der Waals surface area (Å²) >= 11 is 0. The number of halogens is 1. The Labute approximate surface area is 319 Å². The number of aryl methyl sites for hydroxylation is 1. The highest BCUT2D eigenvalue weighted by Crippen LogP contribution is 2.46. The van der Waals surface area contributed by atoms with Crippen LogP contribution < -0.4 is 4.90 Å². The molecule has 0 aliphatic carbocycles. The molecule has 5 rings (SSSR count). The molecule has 1 saturated heterocycles. The molecule has 0 radical (unpaired) electrons. The number of rotatable bonds is 18. The molecule has 284 valence electrons. The van der Waals surface area contributed by atoms with Crippen LogP contribution in [0.4, 0.5) is 10.1 Å². The van der Waals surface area contributed by atoms with Crippen molar-refractivity contribution in [2.24, 2.45) is 5.92 Å². The molecule has 54 heavy (non-hydrogen) atoms. The fraction of sp³-hybridized carbons (Fsp3) is 0.364. The summed E-state index contributed by atoms with van der Waals surface area (Å²) in [6.07, 6.45) is 5.47. The van der Waals surface area contributed by atoms with E-state index in [4.69, 9.17) is 9.47 Å². The van der Waals surface area contributed by atoms with E-state index in [9.17, 15) is 22.4 Å². The highest BCUT2D eigenvalue weighted by atomic mass is 32.2. The van der Waals surface area contributed by atoms with E-state index in [2.05, 4.69) is 24.0 Å². The number of benzene rings is 4. The first kappa shape index (κ1) is 40.4. The summed E-state index contributed by atoms with van der Waals surface area (Å²) in [5.74, 6) is 5.31. The summed E-state index contributed by atoms with van der Waals surface area (Å²) in [5.41, 5.74) is 5.52. The number of esters is 1. The standard InChI is InChI=1S/C44H49FN2O6S/c1-33(48)53-42(37-22-24-39(45)25-23-37)29-28-41-43(47(44(41)49)40-26-18-35(19-27-40)15-11-30-46(2)54(3,50)51)38-20-16-34(17-21-38)12-7-4-5-10-31-52-32-36-13-8-6-9-14-36/h6,8-9,13-14,16-27,41-43H,4-5,10-11,15,28-32H2,1-3H3/t41?,42-,43?/m0/s1. The second-order valence-corrected chi connectivity index (χ2v) is 15.8. The van der Waals surface area contributed by atoms with Crippen molar-refractivity contribution >= 4 is 27.6 Å². The molecular formula is C44H49FN2O6S. The van der Waals surface area contributed by atoms with Gasteiger partial charge in [0.15, 0.2) is 0 Å². The van der Waals surface area contributed by atoms with Gasteiger partial charge in [0.1, 0.15) is 11.9 Å². The Hall–Kier alpha value is -4.82. The van der Waals surface area contributed by atoms with Gasteiger partial charge >= 0.3 is 5.97 Å². The van der Waals surface area contributed by atoms with Gasteiger partial charge in [0.05, 0.1) is 24.8 Å². The second kappa shape index (κ2) is 19.5. The number of nitrogens with zero attached hydrogens (tertiary/aromatic N) is 2. The van der Waals surface area contributed by atoms with Crippen LogP contribution in [-0.4, -0.2) is 51.1 Å². The lowest BCUT2D eigenvalue weighted by molar-refractivity contribution is -0.147. The molecule has 0 aromatic heterocycles. The zero-order chi connectivity index (χ0) is 38.5. The molecule has 4 aromatic carbocycles. The highest BCUT2D eigenvalue weighted by Gasteiger charge is 2.48. The van der Waals surface area contributed by atoms with Gasteiger partial charge in [-0.15, -0.1) is 0 Å². The largest absolute Gasteiger partial charge is 0.458 e. The number of anilines is 1. The number of ether oxygens (including phenoxy) is 2. The minimum absolute atomic E-state index is 0.0279. The van der Waals surface area contributed by atoms with Crippen molar-refractivity contribution in [3.8, 4) is 11.8 Å². The van der Waals surface area contributed by atoms with Crippen LogP contribution in [0.3, 0.4) is 0 Å². The van der Waals surface area contributed by atoms with E-state index in [1.807, 2.05) is 71.6 Å². The Morgan fingerprint density at radius 2 is 1.61 bits per heavy atom. The number of amides is 1. The summed E-state index contributed by atoms with van der Waals surface area (Å²) in [6.45, 7) is 3.07.